The number of hydrogen-bond donors (Lipinski definition) is 1. The highest BCUT2D eigenvalue weighted by molar-refractivity contribution is 5.84. The molecular weight excluding hydrogens is 169 g/mol. The van der Waals surface area contributed by atoms with Crippen molar-refractivity contribution in [2.24, 2.45) is 0 Å². The minimum atomic E-state index is -0.361. The number of phenols is 1. The summed E-state index contributed by atoms with van der Waals surface area (Å²) in [5.41, 5.74) is 1.08. The van der Waals surface area contributed by atoms with Gasteiger partial charge in [-0.3, -0.25) is 0 Å². The van der Waals surface area contributed by atoms with Crippen LogP contribution in [0.1, 0.15) is 5.69 Å². The van der Waals surface area contributed by atoms with E-state index < -0.39 is 0 Å². The molecule has 0 saturated heterocycles. The molecule has 66 valence electrons. The van der Waals surface area contributed by atoms with Gasteiger partial charge in [-0.15, -0.1) is 0 Å². The summed E-state index contributed by atoms with van der Waals surface area (Å²) in [4.78, 5) is 4.05. The number of nitrogens with zero attached hydrogens (tertiary/aromatic N) is 1. The van der Waals surface area contributed by atoms with Crippen LogP contribution in [0.5, 0.6) is 5.75 Å². The Morgan fingerprint density at radius 1 is 1.23 bits per heavy atom. The zero-order valence-corrected chi connectivity index (χ0v) is 7.08. The average molecular weight is 177 g/mol. The lowest BCUT2D eigenvalue weighted by atomic mass is 10.2. The number of halogens is 1. The first kappa shape index (κ1) is 7.98. The van der Waals surface area contributed by atoms with Crippen molar-refractivity contribution >= 4 is 10.9 Å². The number of aromatic hydroxyl groups is 1. The van der Waals surface area contributed by atoms with Gasteiger partial charge in [-0.2, -0.15) is 0 Å². The van der Waals surface area contributed by atoms with Crippen molar-refractivity contribution in [1.29, 1.82) is 0 Å². The van der Waals surface area contributed by atoms with Crippen molar-refractivity contribution in [3.8, 4) is 5.75 Å². The topological polar surface area (TPSA) is 33.1 Å². The lowest BCUT2D eigenvalue weighted by molar-refractivity contribution is 0.479. The zero-order valence-electron chi connectivity index (χ0n) is 7.08. The van der Waals surface area contributed by atoms with E-state index in [9.17, 15) is 9.50 Å². The van der Waals surface area contributed by atoms with Gasteiger partial charge in [-0.05, 0) is 31.2 Å². The summed E-state index contributed by atoms with van der Waals surface area (Å²) in [6.45, 7) is 1.80. The maximum Gasteiger partial charge on any atom is 0.142 e. The van der Waals surface area contributed by atoms with Crippen LogP contribution in [0, 0.1) is 12.7 Å². The highest BCUT2D eigenvalue weighted by Crippen LogP contribution is 2.24. The highest BCUT2D eigenvalue weighted by Gasteiger charge is 2.05. The molecule has 0 fully saturated rings. The molecule has 13 heavy (non-hydrogen) atoms. The molecule has 1 aromatic carbocycles. The van der Waals surface area contributed by atoms with Crippen molar-refractivity contribution in [2.75, 3.05) is 0 Å². The van der Waals surface area contributed by atoms with Gasteiger partial charge in [0.2, 0.25) is 0 Å². The van der Waals surface area contributed by atoms with E-state index in [1.807, 2.05) is 0 Å². The fourth-order valence-electron chi connectivity index (χ4n) is 1.27. The molecule has 0 aliphatic carbocycles. The van der Waals surface area contributed by atoms with Gasteiger partial charge < -0.3 is 5.11 Å². The van der Waals surface area contributed by atoms with Gasteiger partial charge in [-0.1, -0.05) is 0 Å². The molecule has 2 nitrogen and oxygen atoms in total. The number of rotatable bonds is 0. The summed E-state index contributed by atoms with van der Waals surface area (Å²) >= 11 is 0. The molecule has 0 spiro atoms. The van der Waals surface area contributed by atoms with Gasteiger partial charge in [-0.25, -0.2) is 9.37 Å². The molecular formula is C10H8FNO. The van der Waals surface area contributed by atoms with E-state index in [0.29, 0.717) is 10.9 Å². The molecule has 1 heterocycles. The number of fused-ring (bicyclic) bond motifs is 1. The lowest BCUT2D eigenvalue weighted by Crippen LogP contribution is -1.86. The van der Waals surface area contributed by atoms with E-state index >= 15 is 0 Å². The zero-order chi connectivity index (χ0) is 9.42. The van der Waals surface area contributed by atoms with E-state index in [1.165, 1.54) is 12.1 Å². The maximum atomic E-state index is 13.1. The first-order valence-corrected chi connectivity index (χ1v) is 3.93. The Labute approximate surface area is 74.7 Å². The van der Waals surface area contributed by atoms with Crippen LogP contribution in [-0.2, 0) is 0 Å². The Morgan fingerprint density at radius 3 is 2.77 bits per heavy atom. The van der Waals surface area contributed by atoms with Crippen LogP contribution >= 0.6 is 0 Å². The molecule has 3 heteroatoms. The van der Waals surface area contributed by atoms with Crippen molar-refractivity contribution < 1.29 is 9.50 Å². The minimum Gasteiger partial charge on any atom is -0.506 e. The van der Waals surface area contributed by atoms with E-state index in [0.717, 1.165) is 5.69 Å². The third-order valence-electron chi connectivity index (χ3n) is 1.92. The summed E-state index contributed by atoms with van der Waals surface area (Å²) < 4.78 is 13.1. The SMILES string of the molecule is Cc1ccc2c(F)ccc(O)c2n1. The third kappa shape index (κ3) is 1.22. The minimum absolute atomic E-state index is 0.0140. The van der Waals surface area contributed by atoms with Crippen molar-refractivity contribution in [1.82, 2.24) is 4.98 Å². The molecule has 0 aliphatic rings. The normalized spacial score (nSPS) is 10.6. The molecule has 0 amide bonds. The van der Waals surface area contributed by atoms with Crippen LogP contribution in [0.3, 0.4) is 0 Å². The number of hydrogen-bond acceptors (Lipinski definition) is 2. The van der Waals surface area contributed by atoms with Crippen molar-refractivity contribution in [3.63, 3.8) is 0 Å². The Hall–Kier alpha value is -1.64. The molecule has 0 bridgehead atoms. The molecule has 0 saturated carbocycles. The van der Waals surface area contributed by atoms with Gasteiger partial charge >= 0.3 is 0 Å². The molecule has 0 atom stereocenters. The molecule has 0 unspecified atom stereocenters. The summed E-state index contributed by atoms with van der Waals surface area (Å²) in [5, 5.41) is 9.74. The molecule has 1 N–H and O–H groups in total. The Bertz CT molecular complexity index is 468. The van der Waals surface area contributed by atoms with Gasteiger partial charge in [0.1, 0.15) is 17.1 Å². The second-order valence-electron chi connectivity index (χ2n) is 2.92. The van der Waals surface area contributed by atoms with Crippen LogP contribution in [0.4, 0.5) is 4.39 Å². The number of aryl methyl sites for hydroxylation is 1. The van der Waals surface area contributed by atoms with Gasteiger partial charge in [0, 0.05) is 11.1 Å². The second kappa shape index (κ2) is 2.69. The highest BCUT2D eigenvalue weighted by atomic mass is 19.1. The first-order chi connectivity index (χ1) is 6.18. The van der Waals surface area contributed by atoms with Crippen LogP contribution in [-0.4, -0.2) is 10.1 Å². The molecule has 0 aliphatic heterocycles. The maximum absolute atomic E-state index is 13.1. The number of aromatic nitrogens is 1. The third-order valence-corrected chi connectivity index (χ3v) is 1.92. The van der Waals surface area contributed by atoms with E-state index in [1.54, 1.807) is 19.1 Å². The molecule has 1 aromatic heterocycles. The quantitative estimate of drug-likeness (QED) is 0.670. The molecule has 2 aromatic rings. The van der Waals surface area contributed by atoms with E-state index in [2.05, 4.69) is 4.98 Å². The Kier molecular flexibility index (Phi) is 1.65. The van der Waals surface area contributed by atoms with Crippen LogP contribution in [0.15, 0.2) is 24.3 Å². The average Bonchev–Trinajstić information content (AvgIpc) is 2.12. The van der Waals surface area contributed by atoms with E-state index in [4.69, 9.17) is 0 Å². The monoisotopic (exact) mass is 177 g/mol. The summed E-state index contributed by atoms with van der Waals surface area (Å²) in [7, 11) is 0. The Balaban J connectivity index is 2.92. The lowest BCUT2D eigenvalue weighted by Gasteiger charge is -2.01. The fraction of sp³-hybridized carbons (Fsp3) is 0.100. The van der Waals surface area contributed by atoms with Crippen LogP contribution < -0.4 is 0 Å². The van der Waals surface area contributed by atoms with Crippen molar-refractivity contribution in [2.45, 2.75) is 6.92 Å². The first-order valence-electron chi connectivity index (χ1n) is 3.93. The number of phenolic OH excluding ortho intramolecular Hbond substituents is 1. The Morgan fingerprint density at radius 2 is 2.00 bits per heavy atom. The standard InChI is InChI=1S/C10H8FNO/c1-6-2-3-7-8(11)4-5-9(13)10(7)12-6/h2-5,13H,1H3. The molecule has 0 radical (unpaired) electrons. The van der Waals surface area contributed by atoms with Gasteiger partial charge in [0.05, 0.1) is 0 Å². The number of pyridine rings is 1. The number of benzene rings is 1. The predicted octanol–water partition coefficient (Wildman–Crippen LogP) is 2.39. The summed E-state index contributed by atoms with van der Waals surface area (Å²) in [5.74, 6) is -0.347. The fourth-order valence-corrected chi connectivity index (χ4v) is 1.27. The summed E-state index contributed by atoms with van der Waals surface area (Å²) in [6.07, 6.45) is 0. The van der Waals surface area contributed by atoms with Crippen molar-refractivity contribution in [3.05, 3.63) is 35.8 Å². The molecule has 2 rings (SSSR count). The van der Waals surface area contributed by atoms with Crippen LogP contribution in [0.2, 0.25) is 0 Å². The largest absolute Gasteiger partial charge is 0.506 e. The van der Waals surface area contributed by atoms with E-state index in [-0.39, 0.29) is 11.6 Å². The predicted molar refractivity (Wildman–Crippen MR) is 48.1 cm³/mol. The van der Waals surface area contributed by atoms with Gasteiger partial charge in [0.25, 0.3) is 0 Å². The smallest absolute Gasteiger partial charge is 0.142 e. The van der Waals surface area contributed by atoms with Crippen LogP contribution in [0.25, 0.3) is 10.9 Å². The second-order valence-corrected chi connectivity index (χ2v) is 2.92. The summed E-state index contributed by atoms with van der Waals surface area (Å²) in [6, 6.07) is 5.87. The van der Waals surface area contributed by atoms with Gasteiger partial charge in [0.15, 0.2) is 0 Å².